The van der Waals surface area contributed by atoms with Crippen LogP contribution in [-0.2, 0) is 16.4 Å². The monoisotopic (exact) mass is 247 g/mol. The van der Waals surface area contributed by atoms with Crippen LogP contribution in [0.15, 0.2) is 18.5 Å². The molecule has 1 rings (SSSR count). The number of hydrogen-bond acceptors (Lipinski definition) is 2. The molecule has 0 aliphatic rings. The second kappa shape index (κ2) is 4.35. The van der Waals surface area contributed by atoms with Crippen molar-refractivity contribution in [1.82, 2.24) is 4.98 Å². The number of hydrogen-bond donors (Lipinski definition) is 1. The van der Waals surface area contributed by atoms with E-state index in [1.54, 1.807) is 0 Å². The molecule has 0 unspecified atom stereocenters. The van der Waals surface area contributed by atoms with E-state index in [4.69, 9.17) is 5.11 Å². The molecule has 0 aliphatic heterocycles. The lowest BCUT2D eigenvalue weighted by Crippen LogP contribution is -2.26. The molecule has 94 valence electrons. The van der Waals surface area contributed by atoms with Gasteiger partial charge in [-0.15, -0.1) is 0 Å². The number of nitrogens with zero attached hydrogens (tertiary/aromatic N) is 1. The smallest absolute Gasteiger partial charge is 0.416 e. The van der Waals surface area contributed by atoms with Crippen molar-refractivity contribution in [1.29, 1.82) is 0 Å². The van der Waals surface area contributed by atoms with Crippen molar-refractivity contribution in [2.45, 2.75) is 31.9 Å². The molecule has 1 aromatic heterocycles. The Labute approximate surface area is 96.3 Å². The molecule has 1 N–H and O–H groups in total. The second-order valence-corrected chi connectivity index (χ2v) is 4.37. The van der Waals surface area contributed by atoms with Crippen molar-refractivity contribution >= 4 is 5.97 Å². The van der Waals surface area contributed by atoms with Gasteiger partial charge in [-0.05, 0) is 11.6 Å². The van der Waals surface area contributed by atoms with Crippen LogP contribution < -0.4 is 0 Å². The van der Waals surface area contributed by atoms with E-state index >= 15 is 0 Å². The zero-order valence-electron chi connectivity index (χ0n) is 9.38. The third-order valence-electron chi connectivity index (χ3n) is 2.45. The fourth-order valence-electron chi connectivity index (χ4n) is 1.65. The van der Waals surface area contributed by atoms with E-state index in [9.17, 15) is 18.0 Å². The number of pyridine rings is 1. The molecule has 0 spiro atoms. The van der Waals surface area contributed by atoms with E-state index in [0.717, 1.165) is 18.5 Å². The first-order valence-corrected chi connectivity index (χ1v) is 4.88. The first kappa shape index (κ1) is 13.5. The maximum Gasteiger partial charge on any atom is 0.416 e. The number of alkyl halides is 3. The summed E-state index contributed by atoms with van der Waals surface area (Å²) in [6, 6.07) is 0.860. The highest BCUT2D eigenvalue weighted by Crippen LogP contribution is 2.38. The topological polar surface area (TPSA) is 50.2 Å². The van der Waals surface area contributed by atoms with E-state index in [1.165, 1.54) is 13.8 Å². The summed E-state index contributed by atoms with van der Waals surface area (Å²) < 4.78 is 38.2. The average molecular weight is 247 g/mol. The Morgan fingerprint density at radius 3 is 2.41 bits per heavy atom. The molecule has 0 saturated heterocycles. The van der Waals surface area contributed by atoms with Gasteiger partial charge in [0.2, 0.25) is 0 Å². The van der Waals surface area contributed by atoms with Crippen molar-refractivity contribution < 1.29 is 23.1 Å². The molecule has 17 heavy (non-hydrogen) atoms. The summed E-state index contributed by atoms with van der Waals surface area (Å²) in [6.07, 6.45) is -2.77. The number of aliphatic carboxylic acids is 1. The first-order valence-electron chi connectivity index (χ1n) is 4.88. The predicted molar refractivity (Wildman–Crippen MR) is 54.5 cm³/mol. The van der Waals surface area contributed by atoms with E-state index < -0.39 is 23.1 Å². The summed E-state index contributed by atoms with van der Waals surface area (Å²) in [7, 11) is 0. The minimum atomic E-state index is -4.51. The van der Waals surface area contributed by atoms with Crippen molar-refractivity contribution in [2.24, 2.45) is 0 Å². The minimum absolute atomic E-state index is 0.102. The lowest BCUT2D eigenvalue weighted by molar-refractivity contribution is -0.141. The quantitative estimate of drug-likeness (QED) is 0.893. The molecule has 0 saturated carbocycles. The molecule has 1 aromatic rings. The van der Waals surface area contributed by atoms with Crippen molar-refractivity contribution in [3.8, 4) is 0 Å². The Kier molecular flexibility index (Phi) is 3.45. The molecule has 6 heteroatoms. The van der Waals surface area contributed by atoms with Gasteiger partial charge in [-0.1, -0.05) is 13.8 Å². The van der Waals surface area contributed by atoms with E-state index in [2.05, 4.69) is 4.98 Å². The third-order valence-corrected chi connectivity index (χ3v) is 2.45. The summed E-state index contributed by atoms with van der Waals surface area (Å²) in [6.45, 7) is 2.90. The van der Waals surface area contributed by atoms with Gasteiger partial charge in [0, 0.05) is 17.8 Å². The Hall–Kier alpha value is -1.59. The normalized spacial score (nSPS) is 12.5. The molecule has 3 nitrogen and oxygen atoms in total. The molecule has 0 aromatic carbocycles. The molecule has 1 heterocycles. The highest BCUT2D eigenvalue weighted by molar-refractivity contribution is 5.69. The molecule has 0 bridgehead atoms. The van der Waals surface area contributed by atoms with Crippen molar-refractivity contribution in [3.63, 3.8) is 0 Å². The molecule has 0 fully saturated rings. The molecule has 0 aliphatic carbocycles. The second-order valence-electron chi connectivity index (χ2n) is 4.37. The number of halogens is 3. The van der Waals surface area contributed by atoms with Gasteiger partial charge in [0.05, 0.1) is 12.0 Å². The van der Waals surface area contributed by atoms with Crippen molar-refractivity contribution in [3.05, 3.63) is 29.6 Å². The minimum Gasteiger partial charge on any atom is -0.481 e. The first-order chi connectivity index (χ1) is 7.64. The van der Waals surface area contributed by atoms with E-state index in [1.807, 2.05) is 0 Å². The van der Waals surface area contributed by atoms with Crippen LogP contribution in [0.3, 0.4) is 0 Å². The Morgan fingerprint density at radius 1 is 1.35 bits per heavy atom. The highest BCUT2D eigenvalue weighted by atomic mass is 19.4. The van der Waals surface area contributed by atoms with Crippen LogP contribution in [-0.4, -0.2) is 16.1 Å². The van der Waals surface area contributed by atoms with Crippen LogP contribution in [0.1, 0.15) is 31.4 Å². The van der Waals surface area contributed by atoms with Crippen LogP contribution in [0.25, 0.3) is 0 Å². The van der Waals surface area contributed by atoms with Crippen LogP contribution in [0.4, 0.5) is 13.2 Å². The summed E-state index contributed by atoms with van der Waals surface area (Å²) in [5, 5.41) is 8.70. The van der Waals surface area contributed by atoms with Gasteiger partial charge in [-0.3, -0.25) is 9.78 Å². The summed E-state index contributed by atoms with van der Waals surface area (Å²) in [5.41, 5.74) is -2.06. The number of carboxylic acid groups (broad SMARTS) is 1. The van der Waals surface area contributed by atoms with Crippen LogP contribution in [0.5, 0.6) is 0 Å². The summed E-state index contributed by atoms with van der Waals surface area (Å²) >= 11 is 0. The largest absolute Gasteiger partial charge is 0.481 e. The van der Waals surface area contributed by atoms with Gasteiger partial charge in [-0.2, -0.15) is 13.2 Å². The molecule has 0 atom stereocenters. The lowest BCUT2D eigenvalue weighted by atomic mass is 9.80. The van der Waals surface area contributed by atoms with Gasteiger partial charge in [0.25, 0.3) is 0 Å². The van der Waals surface area contributed by atoms with Gasteiger partial charge in [0.15, 0.2) is 0 Å². The van der Waals surface area contributed by atoms with Gasteiger partial charge in [0.1, 0.15) is 0 Å². The molecular weight excluding hydrogens is 235 g/mol. The number of carbonyl (C=O) groups is 1. The summed E-state index contributed by atoms with van der Waals surface area (Å²) in [4.78, 5) is 14.3. The Morgan fingerprint density at radius 2 is 1.94 bits per heavy atom. The fourth-order valence-corrected chi connectivity index (χ4v) is 1.65. The van der Waals surface area contributed by atoms with Gasteiger partial charge in [-0.25, -0.2) is 0 Å². The van der Waals surface area contributed by atoms with Crippen LogP contribution >= 0.6 is 0 Å². The van der Waals surface area contributed by atoms with E-state index in [0.29, 0.717) is 0 Å². The van der Waals surface area contributed by atoms with Crippen LogP contribution in [0, 0.1) is 0 Å². The predicted octanol–water partition coefficient (Wildman–Crippen LogP) is 2.85. The van der Waals surface area contributed by atoms with Crippen LogP contribution in [0.2, 0.25) is 0 Å². The van der Waals surface area contributed by atoms with Gasteiger partial charge >= 0.3 is 12.1 Å². The number of aromatic nitrogens is 1. The van der Waals surface area contributed by atoms with E-state index in [-0.39, 0.29) is 12.0 Å². The fraction of sp³-hybridized carbons (Fsp3) is 0.455. The maximum absolute atomic E-state index is 12.7. The lowest BCUT2D eigenvalue weighted by Gasteiger charge is -2.26. The number of rotatable bonds is 3. The average Bonchev–Trinajstić information content (AvgIpc) is 2.14. The highest BCUT2D eigenvalue weighted by Gasteiger charge is 2.38. The third kappa shape index (κ3) is 3.18. The Balaban J connectivity index is 3.26. The Bertz CT molecular complexity index is 427. The van der Waals surface area contributed by atoms with Crippen molar-refractivity contribution in [2.75, 3.05) is 0 Å². The SMILES string of the molecule is CC(C)(CC(=O)O)c1cnccc1C(F)(F)F. The molecule has 0 amide bonds. The zero-order valence-corrected chi connectivity index (χ0v) is 9.38. The summed E-state index contributed by atoms with van der Waals surface area (Å²) in [5.74, 6) is -1.15. The molecular formula is C11H12F3NO2. The van der Waals surface area contributed by atoms with Gasteiger partial charge < -0.3 is 5.11 Å². The molecule has 0 radical (unpaired) electrons. The zero-order chi connectivity index (χ0) is 13.3. The number of carboxylic acids is 1. The standard InChI is InChI=1S/C11H12F3NO2/c1-10(2,5-9(16)17)8-6-15-4-3-7(8)11(12,13)14/h3-4,6H,5H2,1-2H3,(H,16,17). The maximum atomic E-state index is 12.7.